The van der Waals surface area contributed by atoms with E-state index < -0.39 is 17.4 Å². The van der Waals surface area contributed by atoms with Gasteiger partial charge >= 0.3 is 0 Å². The maximum absolute atomic E-state index is 12.2. The molecule has 8 nitrogen and oxygen atoms in total. The van der Waals surface area contributed by atoms with Crippen LogP contribution in [0.15, 0.2) is 60.8 Å². The number of amides is 3. The number of allylic oxidation sites excluding steroid dienone is 10. The van der Waals surface area contributed by atoms with Crippen LogP contribution in [0.25, 0.3) is 0 Å². The van der Waals surface area contributed by atoms with E-state index in [1.807, 2.05) is 13.8 Å². The zero-order valence-electron chi connectivity index (χ0n) is 28.9. The normalized spacial score (nSPS) is 13.2. The molecule has 0 aliphatic rings. The van der Waals surface area contributed by atoms with Gasteiger partial charge in [0.25, 0.3) is 0 Å². The molecule has 1 atom stereocenters. The van der Waals surface area contributed by atoms with E-state index in [0.29, 0.717) is 19.5 Å². The van der Waals surface area contributed by atoms with Gasteiger partial charge in [-0.1, -0.05) is 103 Å². The largest absolute Gasteiger partial charge is 0.383 e. The van der Waals surface area contributed by atoms with Crippen molar-refractivity contribution in [3.8, 4) is 0 Å². The van der Waals surface area contributed by atoms with Gasteiger partial charge in [0.05, 0.1) is 12.7 Å². The quantitative estimate of drug-likeness (QED) is 0.0407. The second-order valence-electron chi connectivity index (χ2n) is 11.7. The SMILES string of the molecule is CC/C=C\C/C=C\C/C=C\C/C=C\C/C=C\CCCC(=O)NCCSSCCNC(=O)CCNC(=O)[C@H](O)C(C)(C)COC(C)C. The third kappa shape index (κ3) is 28.0. The van der Waals surface area contributed by atoms with Crippen LogP contribution in [0.5, 0.6) is 0 Å². The number of carbonyl (C=O) groups excluding carboxylic acids is 3. The van der Waals surface area contributed by atoms with Crippen molar-refractivity contribution >= 4 is 39.3 Å². The Morgan fingerprint density at radius 3 is 1.70 bits per heavy atom. The maximum Gasteiger partial charge on any atom is 0.249 e. The summed E-state index contributed by atoms with van der Waals surface area (Å²) >= 11 is 0. The summed E-state index contributed by atoms with van der Waals surface area (Å²) in [7, 11) is 3.30. The number of nitrogens with one attached hydrogen (secondary N) is 3. The van der Waals surface area contributed by atoms with Gasteiger partial charge in [-0.3, -0.25) is 14.4 Å². The van der Waals surface area contributed by atoms with Gasteiger partial charge in [-0.05, 0) is 58.8 Å². The standard InChI is InChI=1S/C36H61N3O5S2/c1-6-7-8-9-10-11-12-13-14-15-16-17-18-19-20-21-22-23-32(40)37-26-28-45-46-29-27-38-33(41)24-25-39-35(43)34(42)36(4,5)30-44-31(2)3/h7-8,10-11,13-14,16-17,19-20,31,34,42H,6,9,12,15,18,21-30H2,1-5H3,(H,37,40)(H,38,41)(H,39,43)/b8-7-,11-10-,14-13-,17-16-,20-19-/t34-/m0/s1. The van der Waals surface area contributed by atoms with E-state index in [9.17, 15) is 19.5 Å². The molecule has 0 rings (SSSR count). The van der Waals surface area contributed by atoms with Crippen LogP contribution in [0.4, 0.5) is 0 Å². The number of hydrogen-bond acceptors (Lipinski definition) is 7. The summed E-state index contributed by atoms with van der Waals surface area (Å²) in [6.07, 6.45) is 28.0. The smallest absolute Gasteiger partial charge is 0.249 e. The van der Waals surface area contributed by atoms with Crippen molar-refractivity contribution in [2.24, 2.45) is 5.41 Å². The Bertz CT molecular complexity index is 961. The highest BCUT2D eigenvalue weighted by Crippen LogP contribution is 2.22. The summed E-state index contributed by atoms with van der Waals surface area (Å²) in [6.45, 7) is 11.0. The van der Waals surface area contributed by atoms with Crippen LogP contribution in [0, 0.1) is 5.41 Å². The Morgan fingerprint density at radius 2 is 1.20 bits per heavy atom. The van der Waals surface area contributed by atoms with Gasteiger partial charge in [-0.15, -0.1) is 0 Å². The van der Waals surface area contributed by atoms with E-state index >= 15 is 0 Å². The summed E-state index contributed by atoms with van der Waals surface area (Å²) in [5.41, 5.74) is -0.730. The topological polar surface area (TPSA) is 117 Å². The first kappa shape index (κ1) is 43.7. The number of ether oxygens (including phenoxy) is 1. The molecule has 0 aromatic heterocycles. The first-order chi connectivity index (χ1) is 22.1. The summed E-state index contributed by atoms with van der Waals surface area (Å²) in [4.78, 5) is 36.3. The molecule has 0 fully saturated rings. The number of aliphatic hydroxyl groups is 1. The van der Waals surface area contributed by atoms with Gasteiger partial charge < -0.3 is 25.8 Å². The van der Waals surface area contributed by atoms with Crippen LogP contribution >= 0.6 is 21.6 Å². The van der Waals surface area contributed by atoms with Crippen LogP contribution < -0.4 is 16.0 Å². The summed E-state index contributed by atoms with van der Waals surface area (Å²) in [5, 5.41) is 18.7. The molecule has 0 aromatic carbocycles. The Balaban J connectivity index is 3.67. The highest BCUT2D eigenvalue weighted by molar-refractivity contribution is 8.76. The molecule has 0 unspecified atom stereocenters. The minimum absolute atomic E-state index is 0.0113. The van der Waals surface area contributed by atoms with Gasteiger partial charge in [0, 0.05) is 49.4 Å². The van der Waals surface area contributed by atoms with Crippen molar-refractivity contribution in [1.82, 2.24) is 16.0 Å². The van der Waals surface area contributed by atoms with Gasteiger partial charge in [0.15, 0.2) is 0 Å². The minimum atomic E-state index is -1.22. The van der Waals surface area contributed by atoms with E-state index in [1.165, 1.54) is 0 Å². The van der Waals surface area contributed by atoms with Crippen molar-refractivity contribution in [2.45, 2.75) is 105 Å². The molecule has 0 bridgehead atoms. The van der Waals surface area contributed by atoms with Crippen molar-refractivity contribution < 1.29 is 24.2 Å². The van der Waals surface area contributed by atoms with Crippen molar-refractivity contribution in [2.75, 3.05) is 37.7 Å². The van der Waals surface area contributed by atoms with E-state index in [1.54, 1.807) is 35.4 Å². The lowest BCUT2D eigenvalue weighted by Gasteiger charge is -2.30. The van der Waals surface area contributed by atoms with E-state index in [0.717, 1.165) is 56.5 Å². The van der Waals surface area contributed by atoms with E-state index in [2.05, 4.69) is 83.6 Å². The number of aliphatic hydroxyl groups excluding tert-OH is 1. The Kier molecular flexibility index (Phi) is 28.6. The number of unbranched alkanes of at least 4 members (excludes halogenated alkanes) is 1. The van der Waals surface area contributed by atoms with E-state index in [-0.39, 0.29) is 37.5 Å². The van der Waals surface area contributed by atoms with Crippen LogP contribution in [-0.2, 0) is 19.1 Å². The minimum Gasteiger partial charge on any atom is -0.383 e. The summed E-state index contributed by atoms with van der Waals surface area (Å²) in [5.74, 6) is 0.963. The average Bonchev–Trinajstić information content (AvgIpc) is 3.02. The molecule has 0 aromatic rings. The molecule has 0 aliphatic heterocycles. The number of rotatable bonds is 28. The lowest BCUT2D eigenvalue weighted by atomic mass is 9.87. The molecular formula is C36H61N3O5S2. The fourth-order valence-electron chi connectivity index (χ4n) is 3.72. The van der Waals surface area contributed by atoms with Crippen LogP contribution in [0.1, 0.15) is 92.4 Å². The zero-order chi connectivity index (χ0) is 34.3. The van der Waals surface area contributed by atoms with Crippen LogP contribution in [0.3, 0.4) is 0 Å². The second-order valence-corrected chi connectivity index (χ2v) is 14.4. The lowest BCUT2D eigenvalue weighted by Crippen LogP contribution is -2.47. The fourth-order valence-corrected chi connectivity index (χ4v) is 5.53. The zero-order valence-corrected chi connectivity index (χ0v) is 30.6. The predicted molar refractivity (Wildman–Crippen MR) is 198 cm³/mol. The first-order valence-corrected chi connectivity index (χ1v) is 19.2. The first-order valence-electron chi connectivity index (χ1n) is 16.7. The molecule has 0 heterocycles. The molecule has 3 amide bonds. The average molecular weight is 680 g/mol. The van der Waals surface area contributed by atoms with Crippen molar-refractivity contribution in [3.05, 3.63) is 60.8 Å². The molecule has 4 N–H and O–H groups in total. The van der Waals surface area contributed by atoms with Crippen molar-refractivity contribution in [3.63, 3.8) is 0 Å². The van der Waals surface area contributed by atoms with Gasteiger partial charge in [-0.2, -0.15) is 0 Å². The molecule has 0 spiro atoms. The van der Waals surface area contributed by atoms with Crippen molar-refractivity contribution in [1.29, 1.82) is 0 Å². The van der Waals surface area contributed by atoms with Gasteiger partial charge in [0.2, 0.25) is 17.7 Å². The predicted octanol–water partition coefficient (Wildman–Crippen LogP) is 6.84. The van der Waals surface area contributed by atoms with E-state index in [4.69, 9.17) is 4.74 Å². The molecule has 0 saturated heterocycles. The maximum atomic E-state index is 12.2. The number of hydrogen-bond donors (Lipinski definition) is 4. The monoisotopic (exact) mass is 679 g/mol. The fraction of sp³-hybridized carbons (Fsp3) is 0.639. The lowest BCUT2D eigenvalue weighted by molar-refractivity contribution is -0.139. The molecule has 0 saturated carbocycles. The van der Waals surface area contributed by atoms with Crippen LogP contribution in [0.2, 0.25) is 0 Å². The summed E-state index contributed by atoms with van der Waals surface area (Å²) in [6, 6.07) is 0. The third-order valence-corrected chi connectivity index (χ3v) is 8.87. The molecule has 0 aliphatic carbocycles. The van der Waals surface area contributed by atoms with Gasteiger partial charge in [-0.25, -0.2) is 0 Å². The second kappa shape index (κ2) is 30.1. The number of carbonyl (C=O) groups is 3. The molecule has 0 radical (unpaired) electrons. The summed E-state index contributed by atoms with van der Waals surface area (Å²) < 4.78 is 5.53. The third-order valence-electron chi connectivity index (χ3n) is 6.46. The Labute approximate surface area is 287 Å². The molecular weight excluding hydrogens is 619 g/mol. The Morgan fingerprint density at radius 1 is 0.717 bits per heavy atom. The highest BCUT2D eigenvalue weighted by atomic mass is 33.1. The Hall–Kier alpha value is -2.27. The molecule has 262 valence electrons. The van der Waals surface area contributed by atoms with Gasteiger partial charge in [0.1, 0.15) is 6.10 Å². The highest BCUT2D eigenvalue weighted by Gasteiger charge is 2.34. The molecule has 10 heteroatoms. The van der Waals surface area contributed by atoms with Crippen LogP contribution in [-0.4, -0.2) is 72.8 Å². The molecule has 46 heavy (non-hydrogen) atoms.